The molecular formula is C14H12N4O21. The van der Waals surface area contributed by atoms with Gasteiger partial charge in [0.25, 0.3) is 0 Å². The molecule has 2 aliphatic heterocycles. The van der Waals surface area contributed by atoms with Gasteiger partial charge in [0.05, 0.1) is 19.4 Å². The average molecular weight is 572 g/mol. The Labute approximate surface area is 209 Å². The first-order chi connectivity index (χ1) is 18.2. The number of nitrogens with zero attached hydrogens (tertiary/aromatic N) is 4. The van der Waals surface area contributed by atoms with E-state index in [9.17, 15) is 59.4 Å². The van der Waals surface area contributed by atoms with Crippen LogP contribution in [0.5, 0.6) is 0 Å². The summed E-state index contributed by atoms with van der Waals surface area (Å²) < 4.78 is 9.87. The number of esters is 1. The van der Waals surface area contributed by atoms with Crippen LogP contribution < -0.4 is 0 Å². The van der Waals surface area contributed by atoms with Crippen molar-refractivity contribution in [1.82, 2.24) is 4.90 Å². The van der Waals surface area contributed by atoms with E-state index in [4.69, 9.17) is 9.84 Å². The smallest absolute Gasteiger partial charge is 0.387 e. The lowest BCUT2D eigenvalue weighted by atomic mass is 9.92. The number of ether oxygens (including phenoxy) is 2. The van der Waals surface area contributed by atoms with Gasteiger partial charge >= 0.3 is 39.1 Å². The van der Waals surface area contributed by atoms with Crippen molar-refractivity contribution in [3.8, 4) is 0 Å². The first-order valence-corrected chi connectivity index (χ1v) is 9.51. The van der Waals surface area contributed by atoms with E-state index in [0.29, 0.717) is 4.90 Å². The largest absolute Gasteiger partial charge is 0.472 e. The molecule has 2 rings (SSSR count). The standard InChI is InChI=1S/C14H12N4O21/c19-2-1-5-9(15-6(20)3-7(15)32-5)11(22)33-10(12(23)35-38-17(28)29)14(25,13(24)36-39-18(30)31)4-8(21)34-37-16(26)27/h1,7,9-10,19,25H,2-4H2/b5-1-/t7-,9-,10?,14?/m1/s1. The summed E-state index contributed by atoms with van der Waals surface area (Å²) >= 11 is 0. The van der Waals surface area contributed by atoms with E-state index >= 15 is 0 Å². The molecule has 2 N–H and O–H groups in total. The molecule has 39 heavy (non-hydrogen) atoms. The molecule has 0 radical (unpaired) electrons. The van der Waals surface area contributed by atoms with Gasteiger partial charge in [0.2, 0.25) is 17.6 Å². The van der Waals surface area contributed by atoms with Gasteiger partial charge in [-0.2, -0.15) is 0 Å². The molecule has 0 aromatic carbocycles. The number of carbonyl (C=O) groups excluding carboxylic acids is 5. The van der Waals surface area contributed by atoms with Crippen LogP contribution in [0.1, 0.15) is 12.8 Å². The molecule has 25 heteroatoms. The normalized spacial score (nSPS) is 20.5. The zero-order valence-electron chi connectivity index (χ0n) is 18.4. The summed E-state index contributed by atoms with van der Waals surface area (Å²) in [5.41, 5.74) is -4.06. The summed E-state index contributed by atoms with van der Waals surface area (Å²) in [7, 11) is 0. The Morgan fingerprint density at radius 2 is 1.62 bits per heavy atom. The molecule has 2 saturated heterocycles. The maximum absolute atomic E-state index is 12.9. The Morgan fingerprint density at radius 3 is 2.15 bits per heavy atom. The minimum Gasteiger partial charge on any atom is -0.472 e. The van der Waals surface area contributed by atoms with E-state index in [1.807, 2.05) is 0 Å². The number of rotatable bonds is 14. The predicted octanol–water partition coefficient (Wildman–Crippen LogP) is -4.15. The van der Waals surface area contributed by atoms with Gasteiger partial charge in [-0.3, -0.25) is 24.4 Å². The van der Waals surface area contributed by atoms with Gasteiger partial charge in [0.15, 0.2) is 12.3 Å². The molecule has 0 saturated carbocycles. The number of fused-ring (bicyclic) bond motifs is 1. The van der Waals surface area contributed by atoms with Crippen LogP contribution in [0.4, 0.5) is 0 Å². The number of aliphatic hydroxyl groups excluding tert-OH is 1. The van der Waals surface area contributed by atoms with Crippen LogP contribution in [0.25, 0.3) is 0 Å². The molecule has 2 aliphatic rings. The Hall–Kier alpha value is -5.59. The van der Waals surface area contributed by atoms with Gasteiger partial charge < -0.3 is 19.7 Å². The number of β-lactam (4-membered cyclic amide) rings is 1. The molecule has 0 aliphatic carbocycles. The van der Waals surface area contributed by atoms with Crippen molar-refractivity contribution >= 4 is 29.8 Å². The van der Waals surface area contributed by atoms with Crippen LogP contribution in [-0.2, 0) is 63.1 Å². The lowest BCUT2D eigenvalue weighted by molar-refractivity contribution is -0.841. The summed E-state index contributed by atoms with van der Waals surface area (Å²) in [5.74, 6) is -9.98. The molecule has 0 bridgehead atoms. The highest BCUT2D eigenvalue weighted by atomic mass is 17.4. The van der Waals surface area contributed by atoms with E-state index in [2.05, 4.69) is 34.4 Å². The number of aliphatic hydroxyl groups is 2. The Balaban J connectivity index is 2.48. The van der Waals surface area contributed by atoms with Crippen molar-refractivity contribution in [2.75, 3.05) is 6.61 Å². The lowest BCUT2D eigenvalue weighted by Gasteiger charge is -2.35. The SMILES string of the molecule is O=C(CC(O)(C(=O)OO[N+](=O)[O-])C(OC(=O)[C@H]1/C(=C/CO)O[C@@H]2CC(=O)N21)C(=O)OO[N+](=O)[O-])OO[N+](=O)[O-]. The third-order valence-corrected chi connectivity index (χ3v) is 4.48. The minimum atomic E-state index is -4.06. The molecule has 2 unspecified atom stereocenters. The second-order valence-electron chi connectivity index (χ2n) is 6.81. The lowest BCUT2D eigenvalue weighted by Crippen LogP contribution is -2.60. The summed E-state index contributed by atoms with van der Waals surface area (Å²) in [6, 6.07) is -1.92. The molecule has 214 valence electrons. The average Bonchev–Trinajstić information content (AvgIpc) is 3.14. The number of amides is 1. The van der Waals surface area contributed by atoms with Gasteiger partial charge in [-0.15, -0.1) is 30.3 Å². The molecule has 2 heterocycles. The predicted molar refractivity (Wildman–Crippen MR) is 97.3 cm³/mol. The van der Waals surface area contributed by atoms with Crippen LogP contribution in [0, 0.1) is 30.3 Å². The second-order valence-corrected chi connectivity index (χ2v) is 6.81. The summed E-state index contributed by atoms with van der Waals surface area (Å²) in [5, 5.41) is 45.6. The van der Waals surface area contributed by atoms with E-state index < -0.39 is 87.8 Å². The topological polar surface area (TPSA) is 332 Å². The monoisotopic (exact) mass is 572 g/mol. The highest BCUT2D eigenvalue weighted by Gasteiger charge is 2.59. The fraction of sp³-hybridized carbons (Fsp3) is 0.500. The second kappa shape index (κ2) is 12.1. The highest BCUT2D eigenvalue weighted by Crippen LogP contribution is 2.37. The van der Waals surface area contributed by atoms with E-state index in [0.717, 1.165) is 6.08 Å². The fourth-order valence-corrected chi connectivity index (χ4v) is 3.01. The quantitative estimate of drug-likeness (QED) is 0.0655. The highest BCUT2D eigenvalue weighted by molar-refractivity contribution is 5.96. The first-order valence-electron chi connectivity index (χ1n) is 9.51. The molecule has 0 spiro atoms. The maximum atomic E-state index is 12.9. The number of hydrogen-bond donors (Lipinski definition) is 2. The van der Waals surface area contributed by atoms with Crippen LogP contribution in [0.15, 0.2) is 11.8 Å². The van der Waals surface area contributed by atoms with Gasteiger partial charge in [-0.1, -0.05) is 15.0 Å². The van der Waals surface area contributed by atoms with Crippen LogP contribution in [0.3, 0.4) is 0 Å². The van der Waals surface area contributed by atoms with Gasteiger partial charge in [0, 0.05) is 0 Å². The molecule has 2 fully saturated rings. The van der Waals surface area contributed by atoms with Crippen molar-refractivity contribution in [3.63, 3.8) is 0 Å². The van der Waals surface area contributed by atoms with Crippen LogP contribution in [0.2, 0.25) is 0 Å². The molecule has 0 aromatic heterocycles. The van der Waals surface area contributed by atoms with Crippen molar-refractivity contribution in [3.05, 3.63) is 42.2 Å². The van der Waals surface area contributed by atoms with E-state index in [1.165, 1.54) is 0 Å². The van der Waals surface area contributed by atoms with Crippen molar-refractivity contribution in [1.29, 1.82) is 0 Å². The van der Waals surface area contributed by atoms with Crippen molar-refractivity contribution in [2.24, 2.45) is 0 Å². The summed E-state index contributed by atoms with van der Waals surface area (Å²) in [6.45, 7) is -0.771. The summed E-state index contributed by atoms with van der Waals surface area (Å²) in [6.07, 6.45) is -5.83. The van der Waals surface area contributed by atoms with Crippen LogP contribution >= 0.6 is 0 Å². The fourth-order valence-electron chi connectivity index (χ4n) is 3.01. The number of carbonyl (C=O) groups is 5. The third kappa shape index (κ3) is 7.01. The van der Waals surface area contributed by atoms with Gasteiger partial charge in [0.1, 0.15) is 5.76 Å². The van der Waals surface area contributed by atoms with Crippen molar-refractivity contribution in [2.45, 2.75) is 36.8 Å². The van der Waals surface area contributed by atoms with Crippen molar-refractivity contribution < 1.29 is 88.5 Å². The molecule has 1 amide bonds. The molecule has 25 nitrogen and oxygen atoms in total. The minimum absolute atomic E-state index is 0.258. The van der Waals surface area contributed by atoms with Crippen LogP contribution in [-0.4, -0.2) is 90.7 Å². The Bertz CT molecular complexity index is 1100. The van der Waals surface area contributed by atoms with E-state index in [1.54, 1.807) is 0 Å². The number of hydrogen-bond acceptors (Lipinski definition) is 21. The Kier molecular flexibility index (Phi) is 9.19. The zero-order chi connectivity index (χ0) is 29.5. The third-order valence-electron chi connectivity index (χ3n) is 4.48. The summed E-state index contributed by atoms with van der Waals surface area (Å²) in [4.78, 5) is 114. The molecule has 4 atom stereocenters. The van der Waals surface area contributed by atoms with Gasteiger partial charge in [-0.25, -0.2) is 19.2 Å². The van der Waals surface area contributed by atoms with E-state index in [-0.39, 0.29) is 6.42 Å². The molecule has 0 aromatic rings. The Morgan fingerprint density at radius 1 is 1.05 bits per heavy atom. The zero-order valence-corrected chi connectivity index (χ0v) is 18.4. The molecular weight excluding hydrogens is 560 g/mol. The maximum Gasteiger partial charge on any atom is 0.387 e. The first kappa shape index (κ1) is 29.6. The van der Waals surface area contributed by atoms with Gasteiger partial charge in [-0.05, 0) is 6.08 Å².